The third-order valence-electron chi connectivity index (χ3n) is 6.81. The average molecular weight is 535 g/mol. The van der Waals surface area contributed by atoms with Crippen molar-refractivity contribution in [2.24, 2.45) is 0 Å². The number of fused-ring (bicyclic) bond motifs is 1. The quantitative estimate of drug-likeness (QED) is 0.231. The zero-order chi connectivity index (χ0) is 25.8. The summed E-state index contributed by atoms with van der Waals surface area (Å²) < 4.78 is 0. The number of anilines is 1. The number of unbranched alkanes of at least 4 members (excludes halogenated alkanes) is 3. The highest BCUT2D eigenvalue weighted by Crippen LogP contribution is 2.35. The third kappa shape index (κ3) is 6.05. The lowest BCUT2D eigenvalue weighted by Gasteiger charge is -2.30. The summed E-state index contributed by atoms with van der Waals surface area (Å²) in [7, 11) is 0. The Morgan fingerprint density at radius 3 is 2.35 bits per heavy atom. The van der Waals surface area contributed by atoms with Gasteiger partial charge in [0, 0.05) is 29.2 Å². The molecule has 0 amide bonds. The lowest BCUT2D eigenvalue weighted by molar-refractivity contribution is 0.448. The predicted octanol–water partition coefficient (Wildman–Crippen LogP) is 6.78. The van der Waals surface area contributed by atoms with Crippen molar-refractivity contribution in [3.63, 3.8) is 0 Å². The molecular formula is C29H31ClN4O2S. The Kier molecular flexibility index (Phi) is 7.91. The number of aryl methyl sites for hydroxylation is 3. The smallest absolute Gasteiger partial charge is 0.307 e. The molecule has 0 saturated heterocycles. The summed E-state index contributed by atoms with van der Waals surface area (Å²) in [5, 5.41) is 10.5. The molecule has 1 aliphatic heterocycles. The standard InChI is InChI=1S/C29H31ClN4O2S/c1-19-9-11-20(12-10-19)25-26(21-13-15-22(30)16-14-21)32-27-23(31-25)7-6-18-34(27)17-5-3-2-4-8-24-28(35)33-29(36)37-24/h9-16,35H,2-8,17-18H2,1H3,(H,33,36). The van der Waals surface area contributed by atoms with Crippen LogP contribution < -0.4 is 9.77 Å². The Morgan fingerprint density at radius 1 is 0.973 bits per heavy atom. The number of aromatic hydroxyl groups is 1. The van der Waals surface area contributed by atoms with Crippen LogP contribution in [0.2, 0.25) is 5.02 Å². The number of nitrogens with one attached hydrogen (secondary N) is 1. The minimum Gasteiger partial charge on any atom is -0.494 e. The number of halogens is 1. The van der Waals surface area contributed by atoms with Crippen LogP contribution in [0.15, 0.2) is 53.3 Å². The van der Waals surface area contributed by atoms with Gasteiger partial charge in [0.2, 0.25) is 5.88 Å². The third-order valence-corrected chi connectivity index (χ3v) is 8.00. The summed E-state index contributed by atoms with van der Waals surface area (Å²) in [5.41, 5.74) is 6.17. The molecule has 4 aromatic rings. The van der Waals surface area contributed by atoms with Crippen LogP contribution in [-0.2, 0) is 12.8 Å². The highest BCUT2D eigenvalue weighted by atomic mass is 35.5. The molecule has 0 saturated carbocycles. The van der Waals surface area contributed by atoms with Gasteiger partial charge in [-0.2, -0.15) is 0 Å². The van der Waals surface area contributed by atoms with Gasteiger partial charge < -0.3 is 10.0 Å². The fourth-order valence-corrected chi connectivity index (χ4v) is 5.72. The van der Waals surface area contributed by atoms with Gasteiger partial charge >= 0.3 is 4.87 Å². The molecule has 0 atom stereocenters. The van der Waals surface area contributed by atoms with E-state index in [0.717, 1.165) is 108 Å². The van der Waals surface area contributed by atoms with Crippen molar-refractivity contribution in [1.29, 1.82) is 0 Å². The van der Waals surface area contributed by atoms with Crippen molar-refractivity contribution < 1.29 is 5.11 Å². The van der Waals surface area contributed by atoms with Crippen LogP contribution in [0.1, 0.15) is 48.2 Å². The lowest BCUT2D eigenvalue weighted by atomic mass is 10.0. The van der Waals surface area contributed by atoms with Gasteiger partial charge in [-0.3, -0.25) is 9.78 Å². The molecule has 192 valence electrons. The highest BCUT2D eigenvalue weighted by molar-refractivity contribution is 7.09. The van der Waals surface area contributed by atoms with Crippen LogP contribution >= 0.6 is 22.9 Å². The number of aromatic nitrogens is 3. The van der Waals surface area contributed by atoms with Gasteiger partial charge in [-0.15, -0.1) is 0 Å². The lowest BCUT2D eigenvalue weighted by Crippen LogP contribution is -2.32. The molecular weight excluding hydrogens is 504 g/mol. The van der Waals surface area contributed by atoms with E-state index in [1.54, 1.807) is 0 Å². The molecule has 8 heteroatoms. The molecule has 2 aromatic carbocycles. The Morgan fingerprint density at radius 2 is 1.65 bits per heavy atom. The molecule has 1 aliphatic rings. The first kappa shape index (κ1) is 25.5. The second-order valence-electron chi connectivity index (χ2n) is 9.61. The zero-order valence-corrected chi connectivity index (χ0v) is 22.5. The number of aromatic amines is 1. The summed E-state index contributed by atoms with van der Waals surface area (Å²) in [6.07, 6.45) is 6.90. The molecule has 0 unspecified atom stereocenters. The van der Waals surface area contributed by atoms with Gasteiger partial charge in [0.25, 0.3) is 0 Å². The number of H-pyrrole nitrogens is 1. The van der Waals surface area contributed by atoms with Crippen molar-refractivity contribution in [3.05, 3.63) is 79.4 Å². The minimum atomic E-state index is -0.194. The van der Waals surface area contributed by atoms with E-state index in [9.17, 15) is 9.90 Å². The molecule has 6 nitrogen and oxygen atoms in total. The molecule has 0 bridgehead atoms. The highest BCUT2D eigenvalue weighted by Gasteiger charge is 2.23. The van der Waals surface area contributed by atoms with Gasteiger partial charge in [0.15, 0.2) is 5.82 Å². The topological polar surface area (TPSA) is 82.1 Å². The fourth-order valence-electron chi connectivity index (χ4n) is 4.83. The molecule has 0 spiro atoms. The molecule has 0 fully saturated rings. The summed E-state index contributed by atoms with van der Waals surface area (Å²) in [6.45, 7) is 4.01. The SMILES string of the molecule is Cc1ccc(-c2nc3c(nc2-c2ccc(Cl)cc2)N(CCCCCCc2sc(=O)[nH]c2O)CCC3)cc1. The van der Waals surface area contributed by atoms with Crippen LogP contribution in [0, 0.1) is 6.92 Å². The fraction of sp³-hybridized carbons (Fsp3) is 0.345. The van der Waals surface area contributed by atoms with Gasteiger partial charge in [0.05, 0.1) is 22.0 Å². The van der Waals surface area contributed by atoms with Crippen LogP contribution in [0.25, 0.3) is 22.5 Å². The van der Waals surface area contributed by atoms with E-state index in [2.05, 4.69) is 41.1 Å². The van der Waals surface area contributed by atoms with Crippen molar-refractivity contribution in [2.45, 2.75) is 51.9 Å². The van der Waals surface area contributed by atoms with Gasteiger partial charge in [-0.1, -0.05) is 77.7 Å². The average Bonchev–Trinajstić information content (AvgIpc) is 3.22. The van der Waals surface area contributed by atoms with Gasteiger partial charge in [-0.05, 0) is 51.2 Å². The maximum atomic E-state index is 11.3. The summed E-state index contributed by atoms with van der Waals surface area (Å²) >= 11 is 7.28. The Hall–Kier alpha value is -3.16. The number of benzene rings is 2. The number of hydrogen-bond acceptors (Lipinski definition) is 6. The predicted molar refractivity (Wildman–Crippen MR) is 152 cm³/mol. The maximum Gasteiger partial charge on any atom is 0.307 e. The number of hydrogen-bond donors (Lipinski definition) is 2. The van der Waals surface area contributed by atoms with Gasteiger partial charge in [-0.25, -0.2) is 9.97 Å². The first-order chi connectivity index (χ1) is 18.0. The summed E-state index contributed by atoms with van der Waals surface area (Å²) in [5.74, 6) is 1.02. The second kappa shape index (κ2) is 11.5. The van der Waals surface area contributed by atoms with Crippen molar-refractivity contribution in [2.75, 3.05) is 18.0 Å². The Bertz CT molecular complexity index is 1410. The molecule has 2 aromatic heterocycles. The second-order valence-corrected chi connectivity index (χ2v) is 11.1. The van der Waals surface area contributed by atoms with Crippen LogP contribution in [0.4, 0.5) is 5.82 Å². The Balaban J connectivity index is 1.32. The maximum absolute atomic E-state index is 11.3. The van der Waals surface area contributed by atoms with Gasteiger partial charge in [0.1, 0.15) is 0 Å². The number of thiazole rings is 1. The van der Waals surface area contributed by atoms with E-state index in [1.807, 2.05) is 24.3 Å². The summed E-state index contributed by atoms with van der Waals surface area (Å²) in [6, 6.07) is 16.3. The van der Waals surface area contributed by atoms with E-state index >= 15 is 0 Å². The molecule has 37 heavy (non-hydrogen) atoms. The monoisotopic (exact) mass is 534 g/mol. The van der Waals surface area contributed by atoms with E-state index < -0.39 is 0 Å². The van der Waals surface area contributed by atoms with Crippen molar-refractivity contribution in [1.82, 2.24) is 15.0 Å². The zero-order valence-electron chi connectivity index (χ0n) is 21.0. The van der Waals surface area contributed by atoms with E-state index in [4.69, 9.17) is 21.6 Å². The van der Waals surface area contributed by atoms with Crippen LogP contribution in [0.3, 0.4) is 0 Å². The first-order valence-electron chi connectivity index (χ1n) is 12.9. The van der Waals surface area contributed by atoms with E-state index in [0.29, 0.717) is 5.02 Å². The van der Waals surface area contributed by atoms with E-state index in [1.165, 1.54) is 5.56 Å². The number of rotatable bonds is 9. The van der Waals surface area contributed by atoms with Crippen LogP contribution in [0.5, 0.6) is 5.88 Å². The molecule has 5 rings (SSSR count). The Labute approximate surface area is 226 Å². The summed E-state index contributed by atoms with van der Waals surface area (Å²) in [4.78, 5) is 27.1. The molecule has 0 radical (unpaired) electrons. The van der Waals surface area contributed by atoms with E-state index in [-0.39, 0.29) is 10.8 Å². The number of nitrogens with zero attached hydrogens (tertiary/aromatic N) is 3. The molecule has 0 aliphatic carbocycles. The molecule has 3 heterocycles. The minimum absolute atomic E-state index is 0.0278. The van der Waals surface area contributed by atoms with Crippen molar-refractivity contribution in [3.8, 4) is 28.4 Å². The van der Waals surface area contributed by atoms with Crippen LogP contribution in [-0.4, -0.2) is 33.1 Å². The molecule has 2 N–H and O–H groups in total. The normalized spacial score (nSPS) is 13.1. The largest absolute Gasteiger partial charge is 0.494 e. The van der Waals surface area contributed by atoms with Crippen molar-refractivity contribution >= 4 is 28.8 Å². The first-order valence-corrected chi connectivity index (χ1v) is 14.1.